The lowest BCUT2D eigenvalue weighted by Crippen LogP contribution is -2.20. The lowest BCUT2D eigenvalue weighted by atomic mass is 10.1. The highest BCUT2D eigenvalue weighted by atomic mass is 79.9. The Hall–Kier alpha value is -0.720. The van der Waals surface area contributed by atoms with Crippen molar-refractivity contribution in [1.82, 2.24) is 20.1 Å². The van der Waals surface area contributed by atoms with Crippen molar-refractivity contribution >= 4 is 27.3 Å². The fraction of sp³-hybridized carbons (Fsp3) is 0.500. The highest BCUT2D eigenvalue weighted by Gasteiger charge is 2.19. The van der Waals surface area contributed by atoms with Crippen molar-refractivity contribution in [2.24, 2.45) is 7.05 Å². The van der Waals surface area contributed by atoms with Crippen LogP contribution in [0.25, 0.3) is 0 Å². The summed E-state index contributed by atoms with van der Waals surface area (Å²) in [7, 11) is 3.97. The third-order valence-corrected chi connectivity index (χ3v) is 5.18. The first kappa shape index (κ1) is 13.7. The fourth-order valence-corrected chi connectivity index (χ4v) is 3.48. The summed E-state index contributed by atoms with van der Waals surface area (Å²) in [5, 5.41) is 7.80. The van der Waals surface area contributed by atoms with Crippen LogP contribution in [0.5, 0.6) is 0 Å². The molecule has 6 heteroatoms. The molecule has 1 atom stereocenters. The number of hydrogen-bond donors (Lipinski definition) is 1. The molecule has 0 aliphatic rings. The van der Waals surface area contributed by atoms with Gasteiger partial charge in [0.15, 0.2) is 0 Å². The van der Waals surface area contributed by atoms with Gasteiger partial charge in [0.25, 0.3) is 0 Å². The van der Waals surface area contributed by atoms with Crippen LogP contribution in [-0.2, 0) is 13.5 Å². The summed E-state index contributed by atoms with van der Waals surface area (Å²) in [5.41, 5.74) is 5.25. The number of likely N-dealkylation sites (N-methyl/N-ethyl adjacent to an activating group) is 1. The molecular formula is C12H17BrN4S. The number of halogens is 1. The largest absolute Gasteiger partial charge is 0.312 e. The van der Waals surface area contributed by atoms with Gasteiger partial charge in [-0.15, -0.1) is 11.3 Å². The predicted molar refractivity (Wildman–Crippen MR) is 78.0 cm³/mol. The van der Waals surface area contributed by atoms with Gasteiger partial charge in [-0.3, -0.25) is 4.68 Å². The maximum absolute atomic E-state index is 4.43. The summed E-state index contributed by atoms with van der Waals surface area (Å²) in [4.78, 5) is 5.62. The van der Waals surface area contributed by atoms with E-state index < -0.39 is 0 Å². The van der Waals surface area contributed by atoms with E-state index in [0.717, 1.165) is 22.3 Å². The average molecular weight is 329 g/mol. The number of aryl methyl sites for hydroxylation is 3. The quantitative estimate of drug-likeness (QED) is 0.938. The highest BCUT2D eigenvalue weighted by molar-refractivity contribution is 9.10. The maximum atomic E-state index is 4.43. The van der Waals surface area contributed by atoms with Gasteiger partial charge in [-0.2, -0.15) is 5.10 Å². The second kappa shape index (κ2) is 5.50. The topological polar surface area (TPSA) is 42.7 Å². The molecule has 0 amide bonds. The normalized spacial score (nSPS) is 12.9. The van der Waals surface area contributed by atoms with Gasteiger partial charge < -0.3 is 5.32 Å². The average Bonchev–Trinajstić information content (AvgIpc) is 2.84. The van der Waals surface area contributed by atoms with E-state index in [1.807, 2.05) is 31.2 Å². The van der Waals surface area contributed by atoms with E-state index in [0.29, 0.717) is 0 Å². The Morgan fingerprint density at radius 3 is 2.61 bits per heavy atom. The van der Waals surface area contributed by atoms with Crippen molar-refractivity contribution in [1.29, 1.82) is 0 Å². The Kier molecular flexibility index (Phi) is 4.19. The molecule has 1 N–H and O–H groups in total. The molecule has 4 nitrogen and oxygen atoms in total. The van der Waals surface area contributed by atoms with E-state index in [1.54, 1.807) is 11.3 Å². The molecule has 0 aromatic carbocycles. The van der Waals surface area contributed by atoms with Crippen LogP contribution in [0.2, 0.25) is 0 Å². The van der Waals surface area contributed by atoms with Gasteiger partial charge in [-0.1, -0.05) is 0 Å². The van der Waals surface area contributed by atoms with Crippen molar-refractivity contribution in [2.45, 2.75) is 26.3 Å². The monoisotopic (exact) mass is 328 g/mol. The lowest BCUT2D eigenvalue weighted by molar-refractivity contribution is 0.565. The molecular weight excluding hydrogens is 312 g/mol. The van der Waals surface area contributed by atoms with Gasteiger partial charge in [0, 0.05) is 24.4 Å². The van der Waals surface area contributed by atoms with Crippen molar-refractivity contribution in [3.8, 4) is 0 Å². The van der Waals surface area contributed by atoms with Crippen molar-refractivity contribution in [3.63, 3.8) is 0 Å². The molecule has 0 radical (unpaired) electrons. The van der Waals surface area contributed by atoms with Crippen molar-refractivity contribution in [2.75, 3.05) is 7.05 Å². The van der Waals surface area contributed by atoms with E-state index >= 15 is 0 Å². The maximum Gasteiger partial charge on any atom is 0.0798 e. The number of aromatic nitrogens is 3. The Morgan fingerprint density at radius 1 is 1.44 bits per heavy atom. The van der Waals surface area contributed by atoms with Crippen LogP contribution < -0.4 is 5.32 Å². The van der Waals surface area contributed by atoms with E-state index in [-0.39, 0.29) is 6.04 Å². The number of rotatable bonds is 4. The van der Waals surface area contributed by atoms with Gasteiger partial charge in [0.2, 0.25) is 0 Å². The van der Waals surface area contributed by atoms with Crippen LogP contribution in [0.15, 0.2) is 9.98 Å². The van der Waals surface area contributed by atoms with Gasteiger partial charge in [0.1, 0.15) is 0 Å². The molecule has 0 aliphatic heterocycles. The predicted octanol–water partition coefficient (Wildman–Crippen LogP) is 2.76. The summed E-state index contributed by atoms with van der Waals surface area (Å²) in [6.07, 6.45) is 0.900. The standard InChI is InChI=1S/C12H17BrN4S/c1-7-11(13)10(17(4)16-7)5-9(14-3)12-8(2)15-6-18-12/h6,9,14H,5H2,1-4H3. The third kappa shape index (κ3) is 2.50. The molecule has 18 heavy (non-hydrogen) atoms. The summed E-state index contributed by atoms with van der Waals surface area (Å²) >= 11 is 5.32. The van der Waals surface area contributed by atoms with Crippen LogP contribution >= 0.6 is 27.3 Å². The summed E-state index contributed by atoms with van der Waals surface area (Å²) in [6.45, 7) is 4.07. The highest BCUT2D eigenvalue weighted by Crippen LogP contribution is 2.28. The molecule has 98 valence electrons. The molecule has 1 unspecified atom stereocenters. The van der Waals surface area contributed by atoms with Gasteiger partial charge in [0.05, 0.1) is 27.1 Å². The summed E-state index contributed by atoms with van der Waals surface area (Å²) < 4.78 is 3.05. The zero-order valence-electron chi connectivity index (χ0n) is 11.0. The molecule has 0 saturated carbocycles. The Balaban J connectivity index is 2.29. The molecule has 2 aromatic heterocycles. The van der Waals surface area contributed by atoms with Gasteiger partial charge in [-0.05, 0) is 36.8 Å². The van der Waals surface area contributed by atoms with E-state index in [2.05, 4.69) is 38.3 Å². The van der Waals surface area contributed by atoms with Gasteiger partial charge in [-0.25, -0.2) is 4.98 Å². The number of hydrogen-bond acceptors (Lipinski definition) is 4. The zero-order chi connectivity index (χ0) is 13.3. The molecule has 0 aliphatic carbocycles. The summed E-state index contributed by atoms with van der Waals surface area (Å²) in [6, 6.07) is 0.281. The molecule has 2 heterocycles. The zero-order valence-corrected chi connectivity index (χ0v) is 13.4. The van der Waals surface area contributed by atoms with Crippen LogP contribution in [0, 0.1) is 13.8 Å². The minimum absolute atomic E-state index is 0.281. The molecule has 0 saturated heterocycles. The molecule has 2 aromatic rings. The van der Waals surface area contributed by atoms with Crippen molar-refractivity contribution in [3.05, 3.63) is 31.9 Å². The van der Waals surface area contributed by atoms with Gasteiger partial charge >= 0.3 is 0 Å². The Morgan fingerprint density at radius 2 is 2.17 bits per heavy atom. The summed E-state index contributed by atoms with van der Waals surface area (Å²) in [5.74, 6) is 0. The third-order valence-electron chi connectivity index (χ3n) is 3.11. The first-order valence-corrected chi connectivity index (χ1v) is 7.47. The van der Waals surface area contributed by atoms with E-state index in [4.69, 9.17) is 0 Å². The molecule has 0 fully saturated rings. The minimum Gasteiger partial charge on any atom is -0.312 e. The smallest absolute Gasteiger partial charge is 0.0798 e. The second-order valence-corrected chi connectivity index (χ2v) is 6.00. The molecule has 0 bridgehead atoms. The van der Waals surface area contributed by atoms with Crippen molar-refractivity contribution < 1.29 is 0 Å². The Bertz CT molecular complexity index is 546. The lowest BCUT2D eigenvalue weighted by Gasteiger charge is -2.15. The van der Waals surface area contributed by atoms with E-state index in [1.165, 1.54) is 10.6 Å². The number of thiazole rings is 1. The number of nitrogens with zero attached hydrogens (tertiary/aromatic N) is 3. The molecule has 0 spiro atoms. The van der Waals surface area contributed by atoms with Crippen LogP contribution in [0.1, 0.15) is 28.0 Å². The fourth-order valence-electron chi connectivity index (χ4n) is 2.07. The van der Waals surface area contributed by atoms with Crippen LogP contribution in [-0.4, -0.2) is 21.8 Å². The Labute approximate surface area is 120 Å². The minimum atomic E-state index is 0.281. The number of nitrogens with one attached hydrogen (secondary N) is 1. The molecule has 2 rings (SSSR count). The SMILES string of the molecule is CNC(Cc1c(Br)c(C)nn1C)c1scnc1C. The second-order valence-electron chi connectivity index (χ2n) is 4.32. The first-order chi connectivity index (χ1) is 8.54. The van der Waals surface area contributed by atoms with Crippen LogP contribution in [0.4, 0.5) is 0 Å². The van der Waals surface area contributed by atoms with Crippen LogP contribution in [0.3, 0.4) is 0 Å². The van der Waals surface area contributed by atoms with E-state index in [9.17, 15) is 0 Å². The first-order valence-electron chi connectivity index (χ1n) is 5.79.